The highest BCUT2D eigenvalue weighted by Gasteiger charge is 2.01. The maximum absolute atomic E-state index is 9.52. The van der Waals surface area contributed by atoms with Crippen LogP contribution in [-0.4, -0.2) is 5.11 Å². The van der Waals surface area contributed by atoms with E-state index in [1.165, 1.54) is 0 Å². The van der Waals surface area contributed by atoms with E-state index in [-0.39, 0.29) is 7.43 Å². The number of fused-ring (bicyclic) bond motifs is 2. The summed E-state index contributed by atoms with van der Waals surface area (Å²) in [5.74, 6) is 1.11. The van der Waals surface area contributed by atoms with Gasteiger partial charge in [-0.2, -0.15) is 0 Å². The van der Waals surface area contributed by atoms with Crippen LogP contribution in [0.5, 0.6) is 11.5 Å². The van der Waals surface area contributed by atoms with Gasteiger partial charge < -0.3 is 9.84 Å². The Balaban J connectivity index is 0.00000147. The molecule has 102 valence electrons. The minimum atomic E-state index is 0. The van der Waals surface area contributed by atoms with Crippen molar-refractivity contribution in [3.05, 3.63) is 60.9 Å². The van der Waals surface area contributed by atoms with Crippen LogP contribution in [0.1, 0.15) is 14.4 Å². The number of ether oxygens (including phenoxy) is 1. The van der Waals surface area contributed by atoms with E-state index in [2.05, 4.69) is 12.1 Å². The fourth-order valence-corrected chi connectivity index (χ4v) is 2.18. The number of phenols is 1. The first-order valence-electron chi connectivity index (χ1n) is 6.20. The summed E-state index contributed by atoms with van der Waals surface area (Å²) < 4.78 is 5.47. The molecule has 0 radical (unpaired) electrons. The second-order valence-corrected chi connectivity index (χ2v) is 4.48. The van der Waals surface area contributed by atoms with Gasteiger partial charge in [0.1, 0.15) is 11.5 Å². The first-order chi connectivity index (χ1) is 9.26. The van der Waals surface area contributed by atoms with Gasteiger partial charge in [-0.3, -0.25) is 0 Å². The summed E-state index contributed by atoms with van der Waals surface area (Å²) in [7, 11) is 0. The van der Waals surface area contributed by atoms with Crippen molar-refractivity contribution >= 4 is 21.5 Å². The van der Waals surface area contributed by atoms with E-state index in [0.29, 0.717) is 5.75 Å². The molecule has 20 heavy (non-hydrogen) atoms. The lowest BCUT2D eigenvalue weighted by atomic mass is 10.0. The van der Waals surface area contributed by atoms with Crippen molar-refractivity contribution in [2.45, 2.75) is 14.4 Å². The number of allylic oxidation sites excluding steroid dienone is 1. The second-order valence-electron chi connectivity index (χ2n) is 4.48. The monoisotopic (exact) mass is 266 g/mol. The van der Waals surface area contributed by atoms with Gasteiger partial charge in [0.25, 0.3) is 0 Å². The number of rotatable bonds is 2. The summed E-state index contributed by atoms with van der Waals surface area (Å²) in [6.07, 6.45) is 3.52. The van der Waals surface area contributed by atoms with Crippen molar-refractivity contribution in [2.24, 2.45) is 0 Å². The standard InChI is InChI=1S/C17H14O2.CH4/c1-2-7-19-17-6-4-13-8-14-10-16(18)5-3-12(14)9-15(13)11-17;/h2-11,18H,1H3;1H4. The van der Waals surface area contributed by atoms with Crippen LogP contribution >= 0.6 is 0 Å². The van der Waals surface area contributed by atoms with Crippen molar-refractivity contribution in [1.82, 2.24) is 0 Å². The molecule has 0 atom stereocenters. The summed E-state index contributed by atoms with van der Waals surface area (Å²) in [5, 5.41) is 13.9. The Morgan fingerprint density at radius 1 is 0.850 bits per heavy atom. The lowest BCUT2D eigenvalue weighted by Crippen LogP contribution is -1.82. The molecule has 2 nitrogen and oxygen atoms in total. The van der Waals surface area contributed by atoms with E-state index >= 15 is 0 Å². The Kier molecular flexibility index (Phi) is 3.94. The number of benzene rings is 3. The van der Waals surface area contributed by atoms with Crippen LogP contribution < -0.4 is 4.74 Å². The lowest BCUT2D eigenvalue weighted by molar-refractivity contribution is 0.476. The Morgan fingerprint density at radius 3 is 2.20 bits per heavy atom. The number of hydrogen-bond donors (Lipinski definition) is 1. The Bertz CT molecular complexity index is 773. The Morgan fingerprint density at radius 2 is 1.50 bits per heavy atom. The molecule has 0 aliphatic carbocycles. The molecule has 0 aliphatic heterocycles. The number of aromatic hydroxyl groups is 1. The van der Waals surface area contributed by atoms with Crippen molar-refractivity contribution in [2.75, 3.05) is 0 Å². The molecule has 0 amide bonds. The van der Waals surface area contributed by atoms with Crippen LogP contribution in [0.3, 0.4) is 0 Å². The van der Waals surface area contributed by atoms with Crippen molar-refractivity contribution < 1.29 is 9.84 Å². The van der Waals surface area contributed by atoms with Gasteiger partial charge in [-0.1, -0.05) is 25.6 Å². The molecule has 0 fully saturated rings. The Labute approximate surface area is 118 Å². The third-order valence-corrected chi connectivity index (χ3v) is 3.09. The zero-order valence-corrected chi connectivity index (χ0v) is 10.6. The molecule has 0 spiro atoms. The van der Waals surface area contributed by atoms with Crippen LogP contribution in [0, 0.1) is 0 Å². The molecular formula is C18H18O2. The molecule has 0 heterocycles. The first kappa shape index (κ1) is 13.9. The quantitative estimate of drug-likeness (QED) is 0.507. The summed E-state index contributed by atoms with van der Waals surface area (Å²) >= 11 is 0. The van der Waals surface area contributed by atoms with Crippen LogP contribution in [0.25, 0.3) is 21.5 Å². The largest absolute Gasteiger partial charge is 0.508 e. The van der Waals surface area contributed by atoms with Gasteiger partial charge in [0.2, 0.25) is 0 Å². The topological polar surface area (TPSA) is 29.5 Å². The summed E-state index contributed by atoms with van der Waals surface area (Å²) in [6.45, 7) is 1.92. The normalized spacial score (nSPS) is 10.8. The van der Waals surface area contributed by atoms with E-state index in [4.69, 9.17) is 4.74 Å². The molecule has 3 aromatic rings. The van der Waals surface area contributed by atoms with Crippen molar-refractivity contribution in [3.63, 3.8) is 0 Å². The molecule has 2 heteroatoms. The van der Waals surface area contributed by atoms with Crippen LogP contribution in [0.4, 0.5) is 0 Å². The van der Waals surface area contributed by atoms with Gasteiger partial charge in [-0.25, -0.2) is 0 Å². The molecule has 0 saturated carbocycles. The van der Waals surface area contributed by atoms with E-state index in [9.17, 15) is 5.11 Å². The highest BCUT2D eigenvalue weighted by atomic mass is 16.5. The summed E-state index contributed by atoms with van der Waals surface area (Å²) in [5.41, 5.74) is 0. The van der Waals surface area contributed by atoms with Crippen LogP contribution in [-0.2, 0) is 0 Å². The molecule has 0 unspecified atom stereocenters. The highest BCUT2D eigenvalue weighted by Crippen LogP contribution is 2.28. The SMILES string of the molecule is C.CC=COc1ccc2cc3cc(O)ccc3cc2c1. The molecule has 1 N–H and O–H groups in total. The van der Waals surface area contributed by atoms with Crippen molar-refractivity contribution in [1.29, 1.82) is 0 Å². The lowest BCUT2D eigenvalue weighted by Gasteiger charge is -2.05. The third kappa shape index (κ3) is 2.59. The van der Waals surface area contributed by atoms with E-state index in [1.807, 2.05) is 37.3 Å². The van der Waals surface area contributed by atoms with Gasteiger partial charge in [0, 0.05) is 0 Å². The molecular weight excluding hydrogens is 248 g/mol. The second kappa shape index (κ2) is 5.66. The zero-order chi connectivity index (χ0) is 13.2. The molecule has 0 saturated heterocycles. The van der Waals surface area contributed by atoms with Gasteiger partial charge in [-0.15, -0.1) is 0 Å². The van der Waals surface area contributed by atoms with E-state index < -0.39 is 0 Å². The van der Waals surface area contributed by atoms with Crippen LogP contribution in [0.2, 0.25) is 0 Å². The molecule has 0 aliphatic rings. The molecule has 0 bridgehead atoms. The molecule has 0 aromatic heterocycles. The fraction of sp³-hybridized carbons (Fsp3) is 0.111. The van der Waals surface area contributed by atoms with Gasteiger partial charge >= 0.3 is 0 Å². The average Bonchev–Trinajstić information content (AvgIpc) is 2.42. The minimum absolute atomic E-state index is 0. The average molecular weight is 266 g/mol. The van der Waals surface area contributed by atoms with Gasteiger partial charge in [0.15, 0.2) is 0 Å². The third-order valence-electron chi connectivity index (χ3n) is 3.09. The predicted molar refractivity (Wildman–Crippen MR) is 85.3 cm³/mol. The predicted octanol–water partition coefficient (Wildman–Crippen LogP) is 5.25. The first-order valence-corrected chi connectivity index (χ1v) is 6.20. The molecule has 3 aromatic carbocycles. The minimum Gasteiger partial charge on any atom is -0.508 e. The maximum atomic E-state index is 9.52. The van der Waals surface area contributed by atoms with Gasteiger partial charge in [-0.05, 0) is 64.9 Å². The summed E-state index contributed by atoms with van der Waals surface area (Å²) in [4.78, 5) is 0. The fourth-order valence-electron chi connectivity index (χ4n) is 2.18. The van der Waals surface area contributed by atoms with Gasteiger partial charge in [0.05, 0.1) is 6.26 Å². The number of hydrogen-bond acceptors (Lipinski definition) is 2. The van der Waals surface area contributed by atoms with E-state index in [1.54, 1.807) is 18.4 Å². The Hall–Kier alpha value is -2.48. The smallest absolute Gasteiger partial charge is 0.127 e. The zero-order valence-electron chi connectivity index (χ0n) is 10.6. The molecule has 3 rings (SSSR count). The van der Waals surface area contributed by atoms with Crippen LogP contribution in [0.15, 0.2) is 60.9 Å². The number of phenolic OH excluding ortho intramolecular Hbond substituents is 1. The summed E-state index contributed by atoms with van der Waals surface area (Å²) in [6, 6.07) is 15.6. The van der Waals surface area contributed by atoms with Crippen molar-refractivity contribution in [3.8, 4) is 11.5 Å². The highest BCUT2D eigenvalue weighted by molar-refractivity contribution is 5.99. The maximum Gasteiger partial charge on any atom is 0.127 e. The van der Waals surface area contributed by atoms with E-state index in [0.717, 1.165) is 27.3 Å².